The summed E-state index contributed by atoms with van der Waals surface area (Å²) >= 11 is 0. The fraction of sp³-hybridized carbons (Fsp3) is 0.333. The number of benzene rings is 1. The van der Waals surface area contributed by atoms with Crippen molar-refractivity contribution in [3.05, 3.63) is 35.1 Å². The molecule has 2 heteroatoms. The lowest BCUT2D eigenvalue weighted by Gasteiger charge is -2.07. The van der Waals surface area contributed by atoms with Crippen LogP contribution in [0.4, 0.5) is 4.39 Å². The van der Waals surface area contributed by atoms with E-state index in [9.17, 15) is 4.39 Å². The third kappa shape index (κ3) is 1.77. The predicted molar refractivity (Wildman–Crippen MR) is 41.8 cm³/mol. The molecule has 0 amide bonds. The van der Waals surface area contributed by atoms with Crippen molar-refractivity contribution < 1.29 is 9.50 Å². The van der Waals surface area contributed by atoms with Gasteiger partial charge in [0.25, 0.3) is 0 Å². The zero-order valence-corrected chi connectivity index (χ0v) is 6.63. The fourth-order valence-corrected chi connectivity index (χ4v) is 1.06. The second-order valence-corrected chi connectivity index (χ2v) is 2.68. The van der Waals surface area contributed by atoms with Crippen molar-refractivity contribution in [1.29, 1.82) is 0 Å². The third-order valence-corrected chi connectivity index (χ3v) is 1.69. The molecule has 0 unspecified atom stereocenters. The van der Waals surface area contributed by atoms with Gasteiger partial charge in [-0.2, -0.15) is 0 Å². The molecule has 0 saturated carbocycles. The van der Waals surface area contributed by atoms with Crippen molar-refractivity contribution in [3.8, 4) is 0 Å². The molecule has 1 aromatic rings. The van der Waals surface area contributed by atoms with Gasteiger partial charge in [-0.05, 0) is 37.1 Å². The molecule has 1 N–H and O–H groups in total. The van der Waals surface area contributed by atoms with Crippen LogP contribution in [0.15, 0.2) is 18.2 Å². The summed E-state index contributed by atoms with van der Waals surface area (Å²) < 4.78 is 12.6. The molecular formula is C9H11FO. The summed E-state index contributed by atoms with van der Waals surface area (Å²) in [7, 11) is 0. The van der Waals surface area contributed by atoms with Gasteiger partial charge in [0, 0.05) is 0 Å². The Labute approximate surface area is 65.5 Å². The molecule has 0 aromatic heterocycles. The SMILES string of the molecule is Cc1ccc(F)cc1[C@H](C)O. The summed E-state index contributed by atoms with van der Waals surface area (Å²) in [5, 5.41) is 9.16. The Kier molecular flexibility index (Phi) is 2.25. The second-order valence-electron chi connectivity index (χ2n) is 2.68. The standard InChI is InChI=1S/C9H11FO/c1-6-3-4-8(10)5-9(6)7(2)11/h3-5,7,11H,1-2H3/t7-/m0/s1. The van der Waals surface area contributed by atoms with E-state index >= 15 is 0 Å². The number of halogens is 1. The number of hydrogen-bond acceptors (Lipinski definition) is 1. The van der Waals surface area contributed by atoms with Crippen molar-refractivity contribution in [1.82, 2.24) is 0 Å². The van der Waals surface area contributed by atoms with Gasteiger partial charge in [-0.1, -0.05) is 6.07 Å². The molecular weight excluding hydrogens is 143 g/mol. The summed E-state index contributed by atoms with van der Waals surface area (Å²) in [5.41, 5.74) is 1.58. The van der Waals surface area contributed by atoms with Crippen LogP contribution in [-0.4, -0.2) is 5.11 Å². The molecule has 11 heavy (non-hydrogen) atoms. The smallest absolute Gasteiger partial charge is 0.123 e. The first kappa shape index (κ1) is 8.21. The van der Waals surface area contributed by atoms with Crippen LogP contribution in [-0.2, 0) is 0 Å². The average Bonchev–Trinajstić information content (AvgIpc) is 1.94. The topological polar surface area (TPSA) is 20.2 Å². The van der Waals surface area contributed by atoms with Crippen LogP contribution in [0.5, 0.6) is 0 Å². The highest BCUT2D eigenvalue weighted by atomic mass is 19.1. The van der Waals surface area contributed by atoms with Gasteiger partial charge in [0.1, 0.15) is 5.82 Å². The molecule has 0 saturated heterocycles. The molecule has 0 radical (unpaired) electrons. The summed E-state index contributed by atoms with van der Waals surface area (Å²) in [4.78, 5) is 0. The molecule has 0 spiro atoms. The molecule has 1 rings (SSSR count). The van der Waals surface area contributed by atoms with Crippen LogP contribution >= 0.6 is 0 Å². The first-order valence-electron chi connectivity index (χ1n) is 3.55. The first-order valence-corrected chi connectivity index (χ1v) is 3.55. The number of aliphatic hydroxyl groups is 1. The maximum absolute atomic E-state index is 12.6. The van der Waals surface area contributed by atoms with Crippen molar-refractivity contribution in [2.75, 3.05) is 0 Å². The van der Waals surface area contributed by atoms with Gasteiger partial charge in [-0.25, -0.2) is 4.39 Å². The lowest BCUT2D eigenvalue weighted by atomic mass is 10.0. The number of aliphatic hydroxyl groups excluding tert-OH is 1. The minimum atomic E-state index is -0.592. The van der Waals surface area contributed by atoms with Gasteiger partial charge in [0.2, 0.25) is 0 Å². The molecule has 1 atom stereocenters. The quantitative estimate of drug-likeness (QED) is 0.657. The Hall–Kier alpha value is -0.890. The zero-order valence-electron chi connectivity index (χ0n) is 6.63. The van der Waals surface area contributed by atoms with E-state index in [-0.39, 0.29) is 5.82 Å². The maximum atomic E-state index is 12.6. The van der Waals surface area contributed by atoms with Crippen LogP contribution < -0.4 is 0 Å². The van der Waals surface area contributed by atoms with Gasteiger partial charge in [0.05, 0.1) is 6.10 Å². The van der Waals surface area contributed by atoms with E-state index in [0.29, 0.717) is 5.56 Å². The van der Waals surface area contributed by atoms with Crippen molar-refractivity contribution in [2.24, 2.45) is 0 Å². The maximum Gasteiger partial charge on any atom is 0.123 e. The van der Waals surface area contributed by atoms with Gasteiger partial charge >= 0.3 is 0 Å². The molecule has 0 aliphatic heterocycles. The molecule has 1 nitrogen and oxygen atoms in total. The summed E-state index contributed by atoms with van der Waals surface area (Å²) in [6, 6.07) is 4.42. The molecule has 0 fully saturated rings. The molecule has 0 bridgehead atoms. The Morgan fingerprint density at radius 3 is 2.55 bits per heavy atom. The van der Waals surface area contributed by atoms with Gasteiger partial charge in [0.15, 0.2) is 0 Å². The van der Waals surface area contributed by atoms with E-state index in [0.717, 1.165) is 5.56 Å². The van der Waals surface area contributed by atoms with Crippen LogP contribution in [0, 0.1) is 12.7 Å². The summed E-state index contributed by atoms with van der Waals surface area (Å²) in [6.07, 6.45) is -0.592. The predicted octanol–water partition coefficient (Wildman–Crippen LogP) is 2.19. The van der Waals surface area contributed by atoms with Gasteiger partial charge < -0.3 is 5.11 Å². The molecule has 0 aliphatic carbocycles. The highest BCUT2D eigenvalue weighted by Gasteiger charge is 2.04. The van der Waals surface area contributed by atoms with E-state index in [2.05, 4.69) is 0 Å². The monoisotopic (exact) mass is 154 g/mol. The Morgan fingerprint density at radius 1 is 1.45 bits per heavy atom. The van der Waals surface area contributed by atoms with Crippen LogP contribution in [0.1, 0.15) is 24.2 Å². The number of rotatable bonds is 1. The average molecular weight is 154 g/mol. The minimum absolute atomic E-state index is 0.300. The minimum Gasteiger partial charge on any atom is -0.389 e. The van der Waals surface area contributed by atoms with E-state index in [1.54, 1.807) is 13.0 Å². The Balaban J connectivity index is 3.13. The normalized spacial score (nSPS) is 13.1. The van der Waals surface area contributed by atoms with E-state index in [4.69, 9.17) is 5.11 Å². The summed E-state index contributed by atoms with van der Waals surface area (Å²) in [6.45, 7) is 3.48. The lowest BCUT2D eigenvalue weighted by Crippen LogP contribution is -1.95. The highest BCUT2D eigenvalue weighted by Crippen LogP contribution is 2.17. The van der Waals surface area contributed by atoms with Crippen LogP contribution in [0.3, 0.4) is 0 Å². The summed E-state index contributed by atoms with van der Waals surface area (Å²) in [5.74, 6) is -0.300. The zero-order chi connectivity index (χ0) is 8.43. The van der Waals surface area contributed by atoms with Crippen molar-refractivity contribution >= 4 is 0 Å². The largest absolute Gasteiger partial charge is 0.389 e. The molecule has 0 heterocycles. The highest BCUT2D eigenvalue weighted by molar-refractivity contribution is 5.27. The van der Waals surface area contributed by atoms with Crippen LogP contribution in [0.2, 0.25) is 0 Å². The number of aryl methyl sites for hydroxylation is 1. The lowest BCUT2D eigenvalue weighted by molar-refractivity contribution is 0.198. The fourth-order valence-electron chi connectivity index (χ4n) is 1.06. The van der Waals surface area contributed by atoms with Crippen molar-refractivity contribution in [3.63, 3.8) is 0 Å². The van der Waals surface area contributed by atoms with E-state index in [1.165, 1.54) is 12.1 Å². The van der Waals surface area contributed by atoms with Gasteiger partial charge in [-0.3, -0.25) is 0 Å². The molecule has 60 valence electrons. The molecule has 1 aromatic carbocycles. The second kappa shape index (κ2) is 3.01. The van der Waals surface area contributed by atoms with E-state index in [1.807, 2.05) is 6.92 Å². The van der Waals surface area contributed by atoms with Crippen LogP contribution in [0.25, 0.3) is 0 Å². The Morgan fingerprint density at radius 2 is 2.09 bits per heavy atom. The third-order valence-electron chi connectivity index (χ3n) is 1.69. The van der Waals surface area contributed by atoms with Gasteiger partial charge in [-0.15, -0.1) is 0 Å². The molecule has 0 aliphatic rings. The Bertz CT molecular complexity index is 256. The van der Waals surface area contributed by atoms with Crippen molar-refractivity contribution in [2.45, 2.75) is 20.0 Å². The van der Waals surface area contributed by atoms with E-state index < -0.39 is 6.10 Å². The first-order chi connectivity index (χ1) is 5.11. The number of hydrogen-bond donors (Lipinski definition) is 1.